The minimum atomic E-state index is -0.361. The number of aromatic nitrogens is 3. The molecule has 3 rings (SSSR count). The number of benzene rings is 1. The van der Waals surface area contributed by atoms with E-state index in [9.17, 15) is 4.39 Å². The zero-order valence-electron chi connectivity index (χ0n) is 13.8. The second-order valence-corrected chi connectivity index (χ2v) is 5.65. The fourth-order valence-electron chi connectivity index (χ4n) is 2.13. The van der Waals surface area contributed by atoms with Gasteiger partial charge in [-0.1, -0.05) is 35.0 Å². The molecule has 0 amide bonds. The fourth-order valence-corrected chi connectivity index (χ4v) is 2.30. The predicted octanol–water partition coefficient (Wildman–Crippen LogP) is 3.12. The van der Waals surface area contributed by atoms with E-state index < -0.39 is 0 Å². The first-order chi connectivity index (χ1) is 13.1. The molecule has 1 aromatic carbocycles. The summed E-state index contributed by atoms with van der Waals surface area (Å²) in [6.45, 7) is 0.0770. The maximum absolute atomic E-state index is 13.8. The van der Waals surface area contributed by atoms with E-state index >= 15 is 0 Å². The summed E-state index contributed by atoms with van der Waals surface area (Å²) in [5, 5.41) is 12.7. The van der Waals surface area contributed by atoms with Crippen molar-refractivity contribution >= 4 is 23.0 Å². The van der Waals surface area contributed by atoms with Gasteiger partial charge >= 0.3 is 0 Å². The number of hydrogen-bond donors (Lipinski definition) is 1. The van der Waals surface area contributed by atoms with Gasteiger partial charge in [-0.05, 0) is 12.1 Å². The molecule has 134 valence electrons. The van der Waals surface area contributed by atoms with Gasteiger partial charge in [0.05, 0.1) is 24.2 Å². The lowest BCUT2D eigenvalue weighted by Crippen LogP contribution is -2.08. The third-order valence-corrected chi connectivity index (χ3v) is 3.78. The van der Waals surface area contributed by atoms with Crippen LogP contribution in [0.15, 0.2) is 58.4 Å². The number of rotatable bonds is 5. The van der Waals surface area contributed by atoms with Gasteiger partial charge in [0.1, 0.15) is 29.4 Å². The number of nitriles is 1. The number of nitrogens with two attached hydrogens (primary N) is 1. The van der Waals surface area contributed by atoms with Gasteiger partial charge in [-0.2, -0.15) is 5.26 Å². The minimum Gasteiger partial charge on any atom is -0.396 e. The van der Waals surface area contributed by atoms with Crippen molar-refractivity contribution in [3.63, 3.8) is 0 Å². The highest BCUT2D eigenvalue weighted by molar-refractivity contribution is 6.30. The van der Waals surface area contributed by atoms with Crippen molar-refractivity contribution in [2.24, 2.45) is 10.7 Å². The molecule has 0 aliphatic carbocycles. The van der Waals surface area contributed by atoms with Crippen LogP contribution in [0.25, 0.3) is 5.70 Å². The Bertz CT molecular complexity index is 1060. The van der Waals surface area contributed by atoms with E-state index in [1.165, 1.54) is 24.6 Å². The van der Waals surface area contributed by atoms with Crippen molar-refractivity contribution in [3.05, 3.63) is 82.5 Å². The van der Waals surface area contributed by atoms with Gasteiger partial charge in [0.25, 0.3) is 0 Å². The van der Waals surface area contributed by atoms with Crippen molar-refractivity contribution in [3.8, 4) is 6.07 Å². The number of halogens is 2. The maximum Gasteiger partial charge on any atom is 0.176 e. The molecular formula is C18H12ClFN6O. The number of hydrogen-bond acceptors (Lipinski definition) is 7. The van der Waals surface area contributed by atoms with Crippen LogP contribution in [0.3, 0.4) is 0 Å². The van der Waals surface area contributed by atoms with Crippen LogP contribution in [0.5, 0.6) is 0 Å². The Kier molecular flexibility index (Phi) is 5.54. The van der Waals surface area contributed by atoms with E-state index in [4.69, 9.17) is 27.1 Å². The van der Waals surface area contributed by atoms with Crippen LogP contribution in [-0.2, 0) is 6.54 Å². The van der Waals surface area contributed by atoms with E-state index in [1.807, 2.05) is 6.07 Å². The lowest BCUT2D eigenvalue weighted by molar-refractivity contribution is 0.418. The zero-order chi connectivity index (χ0) is 19.2. The van der Waals surface area contributed by atoms with Crippen molar-refractivity contribution in [2.45, 2.75) is 6.54 Å². The molecule has 0 atom stereocenters. The molecule has 7 nitrogen and oxygen atoms in total. The summed E-state index contributed by atoms with van der Waals surface area (Å²) in [5.41, 5.74) is 7.52. The number of nitrogens with zero attached hydrogens (tertiary/aromatic N) is 5. The highest BCUT2D eigenvalue weighted by Gasteiger charge is 2.11. The monoisotopic (exact) mass is 382 g/mol. The average Bonchev–Trinajstić information content (AvgIpc) is 3.20. The Morgan fingerprint density at radius 2 is 2.19 bits per heavy atom. The van der Waals surface area contributed by atoms with Crippen LogP contribution in [0.4, 0.5) is 4.39 Å². The van der Waals surface area contributed by atoms with Crippen LogP contribution in [-0.4, -0.2) is 20.8 Å². The topological polar surface area (TPSA) is 114 Å². The van der Waals surface area contributed by atoms with E-state index in [1.54, 1.807) is 24.3 Å². The fraction of sp³-hybridized carbons (Fsp3) is 0.0556. The van der Waals surface area contributed by atoms with E-state index in [0.717, 1.165) is 0 Å². The van der Waals surface area contributed by atoms with E-state index in [0.29, 0.717) is 17.0 Å². The molecule has 0 spiro atoms. The Labute approximate surface area is 158 Å². The summed E-state index contributed by atoms with van der Waals surface area (Å²) in [5.74, 6) is -0.235. The normalized spacial score (nSPS) is 12.0. The molecule has 2 heterocycles. The third kappa shape index (κ3) is 4.34. The summed E-state index contributed by atoms with van der Waals surface area (Å²) in [6, 6.07) is 9.78. The van der Waals surface area contributed by atoms with Crippen LogP contribution in [0.2, 0.25) is 5.15 Å². The van der Waals surface area contributed by atoms with Crippen LogP contribution in [0, 0.1) is 17.1 Å². The average molecular weight is 383 g/mol. The summed E-state index contributed by atoms with van der Waals surface area (Å²) >= 11 is 5.91. The van der Waals surface area contributed by atoms with Crippen molar-refractivity contribution in [1.82, 2.24) is 15.1 Å². The van der Waals surface area contributed by atoms with Crippen molar-refractivity contribution in [1.29, 1.82) is 5.26 Å². The van der Waals surface area contributed by atoms with Gasteiger partial charge in [-0.3, -0.25) is 4.99 Å². The van der Waals surface area contributed by atoms with Gasteiger partial charge in [-0.15, -0.1) is 0 Å². The maximum atomic E-state index is 13.8. The SMILES string of the molecule is N#Cc1cnc(/C(N)=C/C(=NCc2ccccc2F)c2ccon2)nc1Cl. The summed E-state index contributed by atoms with van der Waals surface area (Å²) in [6.07, 6.45) is 4.14. The number of aliphatic imine (C=N–C) groups is 1. The molecule has 3 aromatic rings. The molecule has 0 aliphatic rings. The van der Waals surface area contributed by atoms with E-state index in [-0.39, 0.29) is 34.6 Å². The molecule has 2 aromatic heterocycles. The van der Waals surface area contributed by atoms with Gasteiger partial charge in [0.2, 0.25) is 0 Å². The van der Waals surface area contributed by atoms with Crippen LogP contribution < -0.4 is 5.73 Å². The quantitative estimate of drug-likeness (QED) is 0.535. The molecule has 0 aliphatic heterocycles. The largest absolute Gasteiger partial charge is 0.396 e. The summed E-state index contributed by atoms with van der Waals surface area (Å²) in [7, 11) is 0. The molecule has 0 unspecified atom stereocenters. The predicted molar refractivity (Wildman–Crippen MR) is 97.1 cm³/mol. The molecular weight excluding hydrogens is 371 g/mol. The summed E-state index contributed by atoms with van der Waals surface area (Å²) < 4.78 is 18.7. The first-order valence-corrected chi connectivity index (χ1v) is 8.05. The van der Waals surface area contributed by atoms with Crippen molar-refractivity contribution in [2.75, 3.05) is 0 Å². The smallest absolute Gasteiger partial charge is 0.176 e. The Morgan fingerprint density at radius 3 is 2.85 bits per heavy atom. The molecule has 0 saturated carbocycles. The first-order valence-electron chi connectivity index (χ1n) is 7.67. The molecule has 2 N–H and O–H groups in total. The van der Waals surface area contributed by atoms with Crippen LogP contribution in [0.1, 0.15) is 22.6 Å². The molecule has 9 heteroatoms. The van der Waals surface area contributed by atoms with Gasteiger partial charge in [0.15, 0.2) is 11.0 Å². The Morgan fingerprint density at radius 1 is 1.37 bits per heavy atom. The molecule has 0 fully saturated rings. The summed E-state index contributed by atoms with van der Waals surface area (Å²) in [4.78, 5) is 12.4. The van der Waals surface area contributed by atoms with Crippen molar-refractivity contribution < 1.29 is 8.91 Å². The number of allylic oxidation sites excluding steroid dienone is 1. The Balaban J connectivity index is 1.95. The lowest BCUT2D eigenvalue weighted by atomic mass is 10.2. The standard InChI is InChI=1S/C18H12ClFN6O/c19-17-12(8-21)10-24-18(25-17)14(22)7-16(15-5-6-27-26-15)23-9-11-3-1-2-4-13(11)20/h1-7,10H,9,22H2/b14-7-,23-16?. The molecule has 0 saturated heterocycles. The molecule has 27 heavy (non-hydrogen) atoms. The van der Waals surface area contributed by atoms with Gasteiger partial charge in [-0.25, -0.2) is 14.4 Å². The second-order valence-electron chi connectivity index (χ2n) is 5.29. The van der Waals surface area contributed by atoms with Gasteiger partial charge < -0.3 is 10.3 Å². The Hall–Kier alpha value is -3.57. The third-order valence-electron chi connectivity index (χ3n) is 3.49. The minimum absolute atomic E-state index is 0.00914. The highest BCUT2D eigenvalue weighted by Crippen LogP contribution is 2.15. The highest BCUT2D eigenvalue weighted by atomic mass is 35.5. The lowest BCUT2D eigenvalue weighted by Gasteiger charge is -2.04. The molecule has 0 bridgehead atoms. The zero-order valence-corrected chi connectivity index (χ0v) is 14.6. The first kappa shape index (κ1) is 18.2. The second kappa shape index (κ2) is 8.21. The van der Waals surface area contributed by atoms with Crippen LogP contribution >= 0.6 is 11.6 Å². The molecule has 0 radical (unpaired) electrons. The van der Waals surface area contributed by atoms with Gasteiger partial charge in [0, 0.05) is 11.6 Å². The van der Waals surface area contributed by atoms with E-state index in [2.05, 4.69) is 20.1 Å².